The predicted molar refractivity (Wildman–Crippen MR) is 84.7 cm³/mol. The maximum atomic E-state index is 12.2. The summed E-state index contributed by atoms with van der Waals surface area (Å²) >= 11 is 0. The zero-order valence-corrected chi connectivity index (χ0v) is 13.9. The fraction of sp³-hybridized carbons (Fsp3) is 0.600. The molecular weight excluding hydrogens is 286 g/mol. The molecule has 6 heteroatoms. The van der Waals surface area contributed by atoms with E-state index in [-0.39, 0.29) is 0 Å². The lowest BCUT2D eigenvalue weighted by Gasteiger charge is -2.31. The molecular formula is C15H25N3O2S. The van der Waals surface area contributed by atoms with E-state index < -0.39 is 10.0 Å². The minimum absolute atomic E-state index is 0.361. The molecule has 0 spiro atoms. The van der Waals surface area contributed by atoms with Gasteiger partial charge in [0.1, 0.15) is 0 Å². The second-order valence-electron chi connectivity index (χ2n) is 5.85. The molecule has 0 amide bonds. The largest absolute Gasteiger partial charge is 0.315 e. The molecule has 118 valence electrons. The van der Waals surface area contributed by atoms with E-state index in [1.54, 1.807) is 26.2 Å². The van der Waals surface area contributed by atoms with Crippen molar-refractivity contribution in [1.29, 1.82) is 0 Å². The lowest BCUT2D eigenvalue weighted by atomic mass is 10.1. The number of piperidine rings is 1. The Kier molecular flexibility index (Phi) is 5.37. The van der Waals surface area contributed by atoms with Gasteiger partial charge in [-0.2, -0.15) is 0 Å². The smallest absolute Gasteiger partial charge is 0.242 e. The number of nitrogens with one attached hydrogen (secondary N) is 1. The van der Waals surface area contributed by atoms with E-state index in [1.165, 1.54) is 17.1 Å². The van der Waals surface area contributed by atoms with Gasteiger partial charge in [-0.3, -0.25) is 4.90 Å². The van der Waals surface area contributed by atoms with Gasteiger partial charge in [0.15, 0.2) is 0 Å². The standard InChI is InChI=1S/C15H25N3O2S/c1-17(2)21(19,20)15-8-4-6-13(10-15)12-18(3)14-7-5-9-16-11-14/h4,6,8,10,14,16H,5,7,9,11-12H2,1-3H3. The van der Waals surface area contributed by atoms with Crippen LogP contribution in [-0.4, -0.2) is 57.9 Å². The fourth-order valence-electron chi connectivity index (χ4n) is 2.64. The molecule has 21 heavy (non-hydrogen) atoms. The summed E-state index contributed by atoms with van der Waals surface area (Å²) in [5.74, 6) is 0. The van der Waals surface area contributed by atoms with E-state index in [2.05, 4.69) is 17.3 Å². The van der Waals surface area contributed by atoms with Gasteiger partial charge in [0.25, 0.3) is 0 Å². The molecule has 1 heterocycles. The van der Waals surface area contributed by atoms with Crippen LogP contribution in [0.25, 0.3) is 0 Å². The summed E-state index contributed by atoms with van der Waals surface area (Å²) in [7, 11) is 1.86. The van der Waals surface area contributed by atoms with Crippen LogP contribution in [0, 0.1) is 0 Å². The maximum absolute atomic E-state index is 12.2. The third-order valence-electron chi connectivity index (χ3n) is 4.00. The Labute approximate surface area is 128 Å². The Balaban J connectivity index is 2.11. The zero-order valence-electron chi connectivity index (χ0n) is 13.0. The maximum Gasteiger partial charge on any atom is 0.242 e. The van der Waals surface area contributed by atoms with Crippen molar-refractivity contribution >= 4 is 10.0 Å². The number of nitrogens with zero attached hydrogens (tertiary/aromatic N) is 2. The van der Waals surface area contributed by atoms with Gasteiger partial charge >= 0.3 is 0 Å². The van der Waals surface area contributed by atoms with Crippen molar-refractivity contribution in [3.8, 4) is 0 Å². The molecule has 1 unspecified atom stereocenters. The molecule has 5 nitrogen and oxygen atoms in total. The minimum atomic E-state index is -3.36. The van der Waals surface area contributed by atoms with Crippen molar-refractivity contribution in [2.24, 2.45) is 0 Å². The number of likely N-dealkylation sites (N-methyl/N-ethyl adjacent to an activating group) is 1. The molecule has 1 N–H and O–H groups in total. The van der Waals surface area contributed by atoms with Crippen LogP contribution in [0.2, 0.25) is 0 Å². The molecule has 1 atom stereocenters. The molecule has 0 aliphatic carbocycles. The second-order valence-corrected chi connectivity index (χ2v) is 8.00. The lowest BCUT2D eigenvalue weighted by Crippen LogP contribution is -2.43. The van der Waals surface area contributed by atoms with Crippen molar-refractivity contribution in [2.45, 2.75) is 30.3 Å². The van der Waals surface area contributed by atoms with Crippen LogP contribution < -0.4 is 5.32 Å². The van der Waals surface area contributed by atoms with E-state index in [0.717, 1.165) is 25.2 Å². The third kappa shape index (κ3) is 4.03. The number of hydrogen-bond acceptors (Lipinski definition) is 4. The van der Waals surface area contributed by atoms with E-state index in [0.29, 0.717) is 10.9 Å². The van der Waals surface area contributed by atoms with Crippen molar-refractivity contribution < 1.29 is 8.42 Å². The lowest BCUT2D eigenvalue weighted by molar-refractivity contribution is 0.196. The molecule has 1 aliphatic rings. The number of hydrogen-bond donors (Lipinski definition) is 1. The first-order valence-electron chi connectivity index (χ1n) is 7.33. The normalized spacial score (nSPS) is 20.1. The number of benzene rings is 1. The van der Waals surface area contributed by atoms with Crippen molar-refractivity contribution in [2.75, 3.05) is 34.2 Å². The Morgan fingerprint density at radius 1 is 1.29 bits per heavy atom. The summed E-state index contributed by atoms with van der Waals surface area (Å²) in [6, 6.07) is 7.76. The summed E-state index contributed by atoms with van der Waals surface area (Å²) in [5, 5.41) is 3.41. The van der Waals surface area contributed by atoms with Crippen molar-refractivity contribution in [1.82, 2.24) is 14.5 Å². The Hall–Kier alpha value is -0.950. The van der Waals surface area contributed by atoms with Crippen LogP contribution in [0.5, 0.6) is 0 Å². The molecule has 1 aromatic carbocycles. The van der Waals surface area contributed by atoms with Crippen LogP contribution in [0.3, 0.4) is 0 Å². The van der Waals surface area contributed by atoms with Gasteiger partial charge in [-0.25, -0.2) is 12.7 Å². The topological polar surface area (TPSA) is 52.7 Å². The molecule has 1 aliphatic heterocycles. The summed E-state index contributed by atoms with van der Waals surface area (Å²) < 4.78 is 25.6. The first kappa shape index (κ1) is 16.4. The van der Waals surface area contributed by atoms with Gasteiger partial charge in [0, 0.05) is 33.2 Å². The van der Waals surface area contributed by atoms with Gasteiger partial charge < -0.3 is 5.32 Å². The van der Waals surface area contributed by atoms with Gasteiger partial charge in [0.05, 0.1) is 4.90 Å². The zero-order chi connectivity index (χ0) is 15.5. The highest BCUT2D eigenvalue weighted by molar-refractivity contribution is 7.89. The first-order chi connectivity index (χ1) is 9.91. The average Bonchev–Trinajstić information content (AvgIpc) is 2.48. The minimum Gasteiger partial charge on any atom is -0.315 e. The SMILES string of the molecule is CN(Cc1cccc(S(=O)(=O)N(C)C)c1)C1CCCNC1. The Bertz CT molecular complexity index is 566. The highest BCUT2D eigenvalue weighted by atomic mass is 32.2. The average molecular weight is 311 g/mol. The van der Waals surface area contributed by atoms with Gasteiger partial charge in [-0.15, -0.1) is 0 Å². The summed E-state index contributed by atoms with van der Waals surface area (Å²) in [6.45, 7) is 2.87. The number of sulfonamides is 1. The van der Waals surface area contributed by atoms with Crippen LogP contribution in [0.15, 0.2) is 29.2 Å². The van der Waals surface area contributed by atoms with Gasteiger partial charge in [-0.1, -0.05) is 12.1 Å². The monoisotopic (exact) mass is 311 g/mol. The molecule has 2 rings (SSSR count). The summed E-state index contributed by atoms with van der Waals surface area (Å²) in [6.07, 6.45) is 2.39. The van der Waals surface area contributed by atoms with Crippen molar-refractivity contribution in [3.05, 3.63) is 29.8 Å². The molecule has 1 aromatic rings. The van der Waals surface area contributed by atoms with Crippen LogP contribution in [0.1, 0.15) is 18.4 Å². The van der Waals surface area contributed by atoms with E-state index >= 15 is 0 Å². The van der Waals surface area contributed by atoms with Crippen LogP contribution in [-0.2, 0) is 16.6 Å². The molecule has 1 saturated heterocycles. The van der Waals surface area contributed by atoms with Gasteiger partial charge in [-0.05, 0) is 44.1 Å². The second kappa shape index (κ2) is 6.87. The van der Waals surface area contributed by atoms with E-state index in [9.17, 15) is 8.42 Å². The highest BCUT2D eigenvalue weighted by Crippen LogP contribution is 2.17. The van der Waals surface area contributed by atoms with E-state index in [4.69, 9.17) is 0 Å². The highest BCUT2D eigenvalue weighted by Gasteiger charge is 2.20. The molecule has 0 saturated carbocycles. The first-order valence-corrected chi connectivity index (χ1v) is 8.77. The molecule has 0 radical (unpaired) electrons. The predicted octanol–water partition coefficient (Wildman–Crippen LogP) is 1.12. The van der Waals surface area contributed by atoms with E-state index in [1.807, 2.05) is 12.1 Å². The van der Waals surface area contributed by atoms with Crippen molar-refractivity contribution in [3.63, 3.8) is 0 Å². The van der Waals surface area contributed by atoms with Crippen LogP contribution >= 0.6 is 0 Å². The Morgan fingerprint density at radius 3 is 2.67 bits per heavy atom. The van der Waals surface area contributed by atoms with Crippen LogP contribution in [0.4, 0.5) is 0 Å². The summed E-state index contributed by atoms with van der Waals surface area (Å²) in [4.78, 5) is 2.66. The molecule has 1 fully saturated rings. The fourth-order valence-corrected chi connectivity index (χ4v) is 3.61. The molecule has 0 aromatic heterocycles. The quantitative estimate of drug-likeness (QED) is 0.885. The number of rotatable bonds is 5. The third-order valence-corrected chi connectivity index (χ3v) is 5.81. The Morgan fingerprint density at radius 2 is 2.05 bits per heavy atom. The molecule has 0 bridgehead atoms. The summed E-state index contributed by atoms with van der Waals surface area (Å²) in [5.41, 5.74) is 1.03. The van der Waals surface area contributed by atoms with Gasteiger partial charge in [0.2, 0.25) is 10.0 Å².